The van der Waals surface area contributed by atoms with Gasteiger partial charge in [-0.15, -0.1) is 37.2 Å². The van der Waals surface area contributed by atoms with Crippen LogP contribution in [0.15, 0.2) is 0 Å². The molecule has 0 aromatic carbocycles. The Labute approximate surface area is 215 Å². The lowest BCUT2D eigenvalue weighted by atomic mass is 10.1. The van der Waals surface area contributed by atoms with Gasteiger partial charge in [0, 0.05) is 13.1 Å². The van der Waals surface area contributed by atoms with Crippen LogP contribution >= 0.6 is 37.2 Å². The first-order valence-electron chi connectivity index (χ1n) is 10.8. The summed E-state index contributed by atoms with van der Waals surface area (Å²) in [6, 6.07) is 0. The maximum atomic E-state index is 11.8. The summed E-state index contributed by atoms with van der Waals surface area (Å²) >= 11 is 0. The number of hydrogen-bond acceptors (Lipinski definition) is 7. The van der Waals surface area contributed by atoms with Crippen molar-refractivity contribution >= 4 is 55.0 Å². The van der Waals surface area contributed by atoms with E-state index in [-0.39, 0.29) is 49.6 Å². The lowest BCUT2D eigenvalue weighted by Crippen LogP contribution is -2.47. The van der Waals surface area contributed by atoms with E-state index in [0.29, 0.717) is 26.1 Å². The Balaban J connectivity index is -0.00000140. The second-order valence-corrected chi connectivity index (χ2v) is 7.26. The Kier molecular flexibility index (Phi) is 32.2. The molecule has 0 saturated carbocycles. The summed E-state index contributed by atoms with van der Waals surface area (Å²) in [5, 5.41) is 37.4. The Hall–Kier alpha value is -1.08. The number of unbranched alkanes of at least 4 members (excludes halogenated alkanes) is 4. The van der Waals surface area contributed by atoms with Crippen LogP contribution in [0, 0.1) is 5.41 Å². The van der Waals surface area contributed by atoms with Crippen LogP contribution in [0.25, 0.3) is 0 Å². The van der Waals surface area contributed by atoms with Crippen molar-refractivity contribution in [2.24, 2.45) is 11.5 Å². The van der Waals surface area contributed by atoms with Crippen molar-refractivity contribution in [1.29, 1.82) is 5.41 Å². The summed E-state index contributed by atoms with van der Waals surface area (Å²) in [5.41, 5.74) is 10.6. The van der Waals surface area contributed by atoms with Crippen LogP contribution in [0.1, 0.15) is 57.8 Å². The third-order valence-electron chi connectivity index (χ3n) is 4.38. The molecule has 33 heavy (non-hydrogen) atoms. The average molecular weight is 541 g/mol. The number of aliphatic hydroxyl groups excluding tert-OH is 2. The fourth-order valence-corrected chi connectivity index (χ4v) is 2.71. The van der Waals surface area contributed by atoms with Crippen LogP contribution in [-0.4, -0.2) is 73.0 Å². The van der Waals surface area contributed by atoms with Gasteiger partial charge in [-0.05, 0) is 51.7 Å². The molecule has 0 radical (unpaired) electrons. The molecule has 0 fully saturated rings. The van der Waals surface area contributed by atoms with Crippen molar-refractivity contribution in [1.82, 2.24) is 21.3 Å². The van der Waals surface area contributed by atoms with Crippen LogP contribution < -0.4 is 32.7 Å². The van der Waals surface area contributed by atoms with E-state index in [1.165, 1.54) is 0 Å². The summed E-state index contributed by atoms with van der Waals surface area (Å²) in [5.74, 6) is -1.27. The van der Waals surface area contributed by atoms with E-state index >= 15 is 0 Å². The van der Waals surface area contributed by atoms with E-state index in [1.54, 1.807) is 0 Å². The van der Waals surface area contributed by atoms with E-state index in [0.717, 1.165) is 58.0 Å². The van der Waals surface area contributed by atoms with Crippen molar-refractivity contribution in [3.8, 4) is 0 Å². The minimum Gasteiger partial charge on any atom is -0.393 e. The number of guanidine groups is 1. The zero-order valence-electron chi connectivity index (χ0n) is 19.1. The van der Waals surface area contributed by atoms with Gasteiger partial charge in [-0.25, -0.2) is 0 Å². The number of amides is 2. The van der Waals surface area contributed by atoms with E-state index in [4.69, 9.17) is 16.9 Å². The predicted molar refractivity (Wildman–Crippen MR) is 138 cm³/mol. The quantitative estimate of drug-likeness (QED) is 0.0460. The lowest BCUT2D eigenvalue weighted by molar-refractivity contribution is -0.137. The number of aliphatic hydroxyl groups is 2. The molecule has 2 atom stereocenters. The maximum Gasteiger partial charge on any atom is 0.269 e. The van der Waals surface area contributed by atoms with Crippen LogP contribution in [0.3, 0.4) is 0 Å². The predicted octanol–water partition coefficient (Wildman–Crippen LogP) is -0.294. The van der Waals surface area contributed by atoms with Crippen LogP contribution in [0.5, 0.6) is 0 Å². The van der Waals surface area contributed by atoms with Crippen molar-refractivity contribution in [3.05, 3.63) is 0 Å². The summed E-state index contributed by atoms with van der Waals surface area (Å²) in [7, 11) is 0. The third kappa shape index (κ3) is 27.0. The van der Waals surface area contributed by atoms with Gasteiger partial charge in [0.05, 0.1) is 12.5 Å². The maximum absolute atomic E-state index is 11.8. The molecule has 200 valence electrons. The SMILES string of the molecule is Cl.Cl.Cl.N=C(N)NCCCCCCC(O)CC(=O)NC(O)C(=O)NCCCCNCCCN. The summed E-state index contributed by atoms with van der Waals surface area (Å²) in [6.07, 6.45) is 3.90. The summed E-state index contributed by atoms with van der Waals surface area (Å²) in [4.78, 5) is 23.6. The molecular formula is C19H44Cl3N7O4. The van der Waals surface area contributed by atoms with Gasteiger partial charge < -0.3 is 42.9 Å². The van der Waals surface area contributed by atoms with Crippen molar-refractivity contribution in [3.63, 3.8) is 0 Å². The van der Waals surface area contributed by atoms with E-state index < -0.39 is 24.1 Å². The minimum absolute atomic E-state index is 0. The molecule has 11 nitrogen and oxygen atoms in total. The normalized spacial score (nSPS) is 11.6. The van der Waals surface area contributed by atoms with E-state index in [2.05, 4.69) is 21.3 Å². The molecule has 0 rings (SSSR count). The number of carbonyl (C=O) groups excluding carboxylic acids is 2. The fraction of sp³-hybridized carbons (Fsp3) is 0.842. The van der Waals surface area contributed by atoms with Crippen LogP contribution in [-0.2, 0) is 9.59 Å². The molecule has 0 bridgehead atoms. The molecule has 0 aromatic rings. The van der Waals surface area contributed by atoms with Crippen LogP contribution in [0.2, 0.25) is 0 Å². The molecule has 0 heterocycles. The number of nitrogens with one attached hydrogen (secondary N) is 5. The highest BCUT2D eigenvalue weighted by Gasteiger charge is 2.18. The van der Waals surface area contributed by atoms with Crippen molar-refractivity contribution < 1.29 is 19.8 Å². The zero-order chi connectivity index (χ0) is 22.6. The first-order valence-corrected chi connectivity index (χ1v) is 10.8. The first-order chi connectivity index (χ1) is 14.4. The second-order valence-electron chi connectivity index (χ2n) is 7.26. The van der Waals surface area contributed by atoms with E-state index in [1.807, 2.05) is 0 Å². The highest BCUT2D eigenvalue weighted by Crippen LogP contribution is 2.08. The summed E-state index contributed by atoms with van der Waals surface area (Å²) in [6.45, 7) is 3.42. The molecule has 11 N–H and O–H groups in total. The number of rotatable bonds is 19. The lowest BCUT2D eigenvalue weighted by Gasteiger charge is -2.15. The molecule has 0 aliphatic heterocycles. The van der Waals surface area contributed by atoms with Gasteiger partial charge in [0.15, 0.2) is 5.96 Å². The van der Waals surface area contributed by atoms with Crippen molar-refractivity contribution in [2.45, 2.75) is 70.1 Å². The van der Waals surface area contributed by atoms with Crippen LogP contribution in [0.4, 0.5) is 0 Å². The zero-order valence-corrected chi connectivity index (χ0v) is 21.6. The minimum atomic E-state index is -1.62. The molecule has 0 spiro atoms. The Morgan fingerprint density at radius 3 is 2.00 bits per heavy atom. The number of nitrogens with two attached hydrogens (primary N) is 2. The average Bonchev–Trinajstić information content (AvgIpc) is 2.68. The monoisotopic (exact) mass is 539 g/mol. The molecule has 2 amide bonds. The molecule has 0 aromatic heterocycles. The highest BCUT2D eigenvalue weighted by molar-refractivity contribution is 5.86. The van der Waals surface area contributed by atoms with Gasteiger partial charge in [0.2, 0.25) is 12.1 Å². The molecule has 14 heteroatoms. The third-order valence-corrected chi connectivity index (χ3v) is 4.38. The number of halogens is 3. The summed E-state index contributed by atoms with van der Waals surface area (Å²) < 4.78 is 0. The van der Waals surface area contributed by atoms with Gasteiger partial charge in [-0.1, -0.05) is 19.3 Å². The topological polar surface area (TPSA) is 199 Å². The van der Waals surface area contributed by atoms with Gasteiger partial charge in [0.1, 0.15) is 0 Å². The second kappa shape index (κ2) is 27.2. The smallest absolute Gasteiger partial charge is 0.269 e. The van der Waals surface area contributed by atoms with Gasteiger partial charge in [0.25, 0.3) is 5.91 Å². The van der Waals surface area contributed by atoms with Gasteiger partial charge >= 0.3 is 0 Å². The van der Waals surface area contributed by atoms with Gasteiger partial charge in [-0.3, -0.25) is 15.0 Å². The largest absolute Gasteiger partial charge is 0.393 e. The van der Waals surface area contributed by atoms with Gasteiger partial charge in [-0.2, -0.15) is 0 Å². The fourth-order valence-electron chi connectivity index (χ4n) is 2.71. The molecule has 2 unspecified atom stereocenters. The molecule has 0 aliphatic carbocycles. The Morgan fingerprint density at radius 1 is 0.818 bits per heavy atom. The highest BCUT2D eigenvalue weighted by atomic mass is 35.5. The Bertz CT molecular complexity index is 494. The molecular weight excluding hydrogens is 497 g/mol. The molecule has 0 aliphatic rings. The number of hydrogen-bond donors (Lipinski definition) is 9. The first kappa shape index (κ1) is 39.1. The number of carbonyl (C=O) groups is 2. The Morgan fingerprint density at radius 2 is 1.36 bits per heavy atom. The standard InChI is InChI=1S/C19H41N7O4.3ClH/c20-9-7-11-23-10-5-6-12-24-17(29)18(30)26-16(28)14-15(27)8-3-1-2-4-13-25-19(21)22;;;/h15,18,23,27,30H,1-14,20H2,(H,24,29)(H,26,28)(H4,21,22,25);3*1H. The molecule has 0 saturated heterocycles. The van der Waals surface area contributed by atoms with Crippen molar-refractivity contribution in [2.75, 3.05) is 32.7 Å². The van der Waals surface area contributed by atoms with E-state index in [9.17, 15) is 19.8 Å².